The van der Waals surface area contributed by atoms with Crippen LogP contribution in [-0.2, 0) is 11.2 Å². The lowest BCUT2D eigenvalue weighted by Gasteiger charge is -2.13. The zero-order chi connectivity index (χ0) is 21.8. The summed E-state index contributed by atoms with van der Waals surface area (Å²) in [6.45, 7) is 0. The van der Waals surface area contributed by atoms with Gasteiger partial charge in [-0.3, -0.25) is 4.79 Å². The molecule has 0 fully saturated rings. The summed E-state index contributed by atoms with van der Waals surface area (Å²) in [5.41, 5.74) is 4.05. The van der Waals surface area contributed by atoms with E-state index in [0.717, 1.165) is 22.2 Å². The summed E-state index contributed by atoms with van der Waals surface area (Å²) in [7, 11) is 3.18. The first-order chi connectivity index (χ1) is 15.1. The summed E-state index contributed by atoms with van der Waals surface area (Å²) in [5.74, 6) is 1.82. The summed E-state index contributed by atoms with van der Waals surface area (Å²) in [5, 5.41) is 3.55. The van der Waals surface area contributed by atoms with Crippen LogP contribution in [0.1, 0.15) is 12.0 Å². The summed E-state index contributed by atoms with van der Waals surface area (Å²) in [6, 6.07) is 18.7. The van der Waals surface area contributed by atoms with E-state index in [0.29, 0.717) is 34.5 Å². The molecule has 0 saturated heterocycles. The molecule has 31 heavy (non-hydrogen) atoms. The van der Waals surface area contributed by atoms with Gasteiger partial charge in [0.25, 0.3) is 0 Å². The highest BCUT2D eigenvalue weighted by atomic mass is 35.5. The Morgan fingerprint density at radius 1 is 1.06 bits per heavy atom. The Balaban J connectivity index is 1.54. The van der Waals surface area contributed by atoms with Crippen molar-refractivity contribution in [2.24, 2.45) is 0 Å². The lowest BCUT2D eigenvalue weighted by molar-refractivity contribution is -0.116. The number of carbonyl (C=O) groups is 1. The number of rotatable bonds is 7. The van der Waals surface area contributed by atoms with Crippen molar-refractivity contribution in [3.05, 3.63) is 71.2 Å². The number of methoxy groups -OCH3 is 2. The van der Waals surface area contributed by atoms with Gasteiger partial charge in [-0.2, -0.15) is 0 Å². The van der Waals surface area contributed by atoms with Gasteiger partial charge in [0.15, 0.2) is 11.5 Å². The van der Waals surface area contributed by atoms with Crippen molar-refractivity contribution in [3.63, 3.8) is 0 Å². The van der Waals surface area contributed by atoms with Gasteiger partial charge in [-0.1, -0.05) is 35.9 Å². The van der Waals surface area contributed by atoms with Crippen LogP contribution in [0.25, 0.3) is 22.4 Å². The number of carbonyl (C=O) groups excluding carboxylic acids is 1. The molecule has 6 nitrogen and oxygen atoms in total. The molecule has 0 unspecified atom stereocenters. The summed E-state index contributed by atoms with van der Waals surface area (Å²) >= 11 is 6.23. The monoisotopic (exact) mass is 435 g/mol. The molecule has 0 saturated carbocycles. The normalized spacial score (nSPS) is 10.8. The molecule has 4 rings (SSSR count). The number of aryl methyl sites for hydroxylation is 1. The zero-order valence-corrected chi connectivity index (χ0v) is 18.0. The minimum Gasteiger partial charge on any atom is -0.493 e. The topological polar surface area (TPSA) is 76.2 Å². The Hall–Kier alpha value is -3.51. The van der Waals surface area contributed by atoms with Crippen molar-refractivity contribution in [1.29, 1.82) is 0 Å². The third kappa shape index (κ3) is 4.49. The lowest BCUT2D eigenvalue weighted by atomic mass is 10.1. The van der Waals surface area contributed by atoms with Crippen LogP contribution in [0.4, 0.5) is 5.69 Å². The molecule has 1 amide bonds. The van der Waals surface area contributed by atoms with Gasteiger partial charge in [0.1, 0.15) is 5.82 Å². The molecule has 7 heteroatoms. The number of nitrogens with zero attached hydrogens (tertiary/aromatic N) is 1. The fourth-order valence-corrected chi connectivity index (χ4v) is 3.69. The lowest BCUT2D eigenvalue weighted by Crippen LogP contribution is -2.13. The third-order valence-corrected chi connectivity index (χ3v) is 5.24. The van der Waals surface area contributed by atoms with E-state index >= 15 is 0 Å². The van der Waals surface area contributed by atoms with Crippen LogP contribution >= 0.6 is 11.6 Å². The number of benzene rings is 3. The molecule has 0 aliphatic carbocycles. The number of hydrogen-bond donors (Lipinski definition) is 2. The molecule has 0 bridgehead atoms. The summed E-state index contributed by atoms with van der Waals surface area (Å²) < 4.78 is 10.8. The number of halogens is 1. The second-order valence-corrected chi connectivity index (χ2v) is 7.43. The second-order valence-electron chi connectivity index (χ2n) is 6.99. The van der Waals surface area contributed by atoms with Gasteiger partial charge in [-0.15, -0.1) is 0 Å². The molecule has 0 radical (unpaired) electrons. The molecule has 0 spiro atoms. The van der Waals surface area contributed by atoms with Crippen molar-refractivity contribution in [3.8, 4) is 22.9 Å². The highest BCUT2D eigenvalue weighted by Gasteiger charge is 2.15. The van der Waals surface area contributed by atoms with Gasteiger partial charge in [0, 0.05) is 17.0 Å². The first-order valence-corrected chi connectivity index (χ1v) is 10.2. The standard InChI is InChI=1S/C24H22ClN3O3/c1-30-21-9-5-6-15(23(21)31-2)10-13-22(29)26-18-12-11-16(25)14-17(18)24-27-19-7-3-4-8-20(19)28-24/h3-9,11-12,14H,10,13H2,1-2H3,(H,26,29)(H,27,28). The highest BCUT2D eigenvalue weighted by molar-refractivity contribution is 6.31. The molecule has 158 valence electrons. The molecular weight excluding hydrogens is 414 g/mol. The molecule has 4 aromatic rings. The Morgan fingerprint density at radius 3 is 2.68 bits per heavy atom. The number of aromatic nitrogens is 2. The van der Waals surface area contributed by atoms with Gasteiger partial charge in [0.2, 0.25) is 5.91 Å². The van der Waals surface area contributed by atoms with Gasteiger partial charge < -0.3 is 19.8 Å². The van der Waals surface area contributed by atoms with Crippen LogP contribution in [0.5, 0.6) is 11.5 Å². The smallest absolute Gasteiger partial charge is 0.224 e. The maximum atomic E-state index is 12.7. The predicted octanol–water partition coefficient (Wildman–Crippen LogP) is 5.47. The summed E-state index contributed by atoms with van der Waals surface area (Å²) in [4.78, 5) is 20.7. The molecule has 1 aromatic heterocycles. The van der Waals surface area contributed by atoms with Crippen LogP contribution < -0.4 is 14.8 Å². The fraction of sp³-hybridized carbons (Fsp3) is 0.167. The number of H-pyrrole nitrogens is 1. The Morgan fingerprint density at radius 2 is 1.90 bits per heavy atom. The first kappa shape index (κ1) is 20.8. The van der Waals surface area contributed by atoms with E-state index in [9.17, 15) is 4.79 Å². The zero-order valence-electron chi connectivity index (χ0n) is 17.2. The minimum absolute atomic E-state index is 0.121. The maximum absolute atomic E-state index is 12.7. The fourth-order valence-electron chi connectivity index (χ4n) is 3.51. The number of para-hydroxylation sites is 3. The van der Waals surface area contributed by atoms with Crippen LogP contribution in [0.2, 0.25) is 5.02 Å². The van der Waals surface area contributed by atoms with E-state index in [1.165, 1.54) is 0 Å². The number of hydrogen-bond acceptors (Lipinski definition) is 4. The minimum atomic E-state index is -0.121. The molecule has 1 heterocycles. The molecule has 0 atom stereocenters. The number of fused-ring (bicyclic) bond motifs is 1. The molecule has 0 aliphatic rings. The average molecular weight is 436 g/mol. The van der Waals surface area contributed by atoms with Gasteiger partial charge in [0.05, 0.1) is 30.9 Å². The molecule has 0 aliphatic heterocycles. The van der Waals surface area contributed by atoms with Crippen molar-refractivity contribution < 1.29 is 14.3 Å². The van der Waals surface area contributed by atoms with Crippen molar-refractivity contribution in [2.45, 2.75) is 12.8 Å². The van der Waals surface area contributed by atoms with Gasteiger partial charge >= 0.3 is 0 Å². The number of anilines is 1. The van der Waals surface area contributed by atoms with Crippen LogP contribution in [-0.4, -0.2) is 30.1 Å². The first-order valence-electron chi connectivity index (χ1n) is 9.83. The average Bonchev–Trinajstić information content (AvgIpc) is 3.22. The van der Waals surface area contributed by atoms with Crippen molar-refractivity contribution in [2.75, 3.05) is 19.5 Å². The molecular formula is C24H22ClN3O3. The largest absolute Gasteiger partial charge is 0.493 e. The quantitative estimate of drug-likeness (QED) is 0.403. The number of aromatic amines is 1. The van der Waals surface area contributed by atoms with Crippen LogP contribution in [0.3, 0.4) is 0 Å². The maximum Gasteiger partial charge on any atom is 0.224 e. The highest BCUT2D eigenvalue weighted by Crippen LogP contribution is 2.33. The van der Waals surface area contributed by atoms with E-state index in [1.807, 2.05) is 42.5 Å². The van der Waals surface area contributed by atoms with Crippen LogP contribution in [0, 0.1) is 0 Å². The number of nitrogens with one attached hydrogen (secondary N) is 2. The number of imidazole rings is 1. The van der Waals surface area contributed by atoms with Crippen molar-refractivity contribution >= 4 is 34.2 Å². The van der Waals surface area contributed by atoms with E-state index < -0.39 is 0 Å². The van der Waals surface area contributed by atoms with Gasteiger partial charge in [-0.25, -0.2) is 4.98 Å². The van der Waals surface area contributed by atoms with E-state index in [4.69, 9.17) is 21.1 Å². The Labute approximate surface area is 185 Å². The second kappa shape index (κ2) is 9.10. The molecule has 3 aromatic carbocycles. The van der Waals surface area contributed by atoms with Crippen LogP contribution in [0.15, 0.2) is 60.7 Å². The van der Waals surface area contributed by atoms with E-state index in [1.54, 1.807) is 32.4 Å². The van der Waals surface area contributed by atoms with E-state index in [-0.39, 0.29) is 12.3 Å². The third-order valence-electron chi connectivity index (χ3n) is 5.01. The Kier molecular flexibility index (Phi) is 6.09. The SMILES string of the molecule is COc1cccc(CCC(=O)Nc2ccc(Cl)cc2-c2nc3ccccc3[nH]2)c1OC. The number of amides is 1. The number of ether oxygens (including phenoxy) is 2. The van der Waals surface area contributed by atoms with Gasteiger partial charge in [-0.05, 0) is 48.4 Å². The van der Waals surface area contributed by atoms with E-state index in [2.05, 4.69) is 15.3 Å². The Bertz CT molecular complexity index is 1200. The summed E-state index contributed by atoms with van der Waals surface area (Å²) in [6.07, 6.45) is 0.797. The molecule has 2 N–H and O–H groups in total. The predicted molar refractivity (Wildman–Crippen MR) is 123 cm³/mol. The van der Waals surface area contributed by atoms with Crippen molar-refractivity contribution in [1.82, 2.24) is 9.97 Å².